The van der Waals surface area contributed by atoms with Crippen LogP contribution in [0.5, 0.6) is 0 Å². The fraction of sp³-hybridized carbons (Fsp3) is 0.0526. The SMILES string of the molecule is Cc1ccc(Cl)cc1NC(=O)Nc1ccc(-c2cn3ccsc3n2)cc1. The first-order valence-corrected chi connectivity index (χ1v) is 9.21. The first kappa shape index (κ1) is 16.6. The Bertz CT molecular complexity index is 1060. The van der Waals surface area contributed by atoms with E-state index < -0.39 is 0 Å². The molecule has 0 unspecified atom stereocenters. The number of benzene rings is 2. The number of hydrogen-bond donors (Lipinski definition) is 2. The number of halogens is 1. The Morgan fingerprint density at radius 1 is 1.15 bits per heavy atom. The van der Waals surface area contributed by atoms with E-state index in [4.69, 9.17) is 11.6 Å². The number of imidazole rings is 1. The molecule has 0 bridgehead atoms. The zero-order chi connectivity index (χ0) is 18.1. The van der Waals surface area contributed by atoms with Crippen molar-refractivity contribution in [3.63, 3.8) is 0 Å². The van der Waals surface area contributed by atoms with Gasteiger partial charge in [0.1, 0.15) is 0 Å². The summed E-state index contributed by atoms with van der Waals surface area (Å²) in [5, 5.41) is 8.21. The van der Waals surface area contributed by atoms with Crippen LogP contribution in [0.15, 0.2) is 60.2 Å². The van der Waals surface area contributed by atoms with Crippen molar-refractivity contribution >= 4 is 45.3 Å². The molecule has 2 heterocycles. The normalized spacial score (nSPS) is 10.8. The number of fused-ring (bicyclic) bond motifs is 1. The summed E-state index contributed by atoms with van der Waals surface area (Å²) in [4.78, 5) is 17.7. The number of anilines is 2. The number of thiazole rings is 1. The van der Waals surface area contributed by atoms with Crippen molar-refractivity contribution in [1.29, 1.82) is 0 Å². The summed E-state index contributed by atoms with van der Waals surface area (Å²) in [7, 11) is 0. The average molecular weight is 383 g/mol. The molecule has 0 aliphatic carbocycles. The minimum absolute atomic E-state index is 0.314. The third kappa shape index (κ3) is 3.42. The van der Waals surface area contributed by atoms with Crippen LogP contribution in [0, 0.1) is 6.92 Å². The van der Waals surface area contributed by atoms with Crippen molar-refractivity contribution in [2.24, 2.45) is 0 Å². The highest BCUT2D eigenvalue weighted by atomic mass is 35.5. The molecule has 4 aromatic rings. The number of carbonyl (C=O) groups is 1. The first-order chi connectivity index (χ1) is 12.6. The molecule has 4 rings (SSSR count). The second-order valence-electron chi connectivity index (χ2n) is 5.83. The summed E-state index contributed by atoms with van der Waals surface area (Å²) in [6.07, 6.45) is 3.97. The largest absolute Gasteiger partial charge is 0.323 e. The Balaban J connectivity index is 1.46. The highest BCUT2D eigenvalue weighted by Gasteiger charge is 2.08. The number of carbonyl (C=O) groups excluding carboxylic acids is 1. The van der Waals surface area contributed by atoms with Gasteiger partial charge in [-0.1, -0.05) is 29.8 Å². The van der Waals surface area contributed by atoms with Crippen LogP contribution in [-0.2, 0) is 0 Å². The van der Waals surface area contributed by atoms with Gasteiger partial charge in [0, 0.05) is 39.7 Å². The molecule has 2 aromatic heterocycles. The summed E-state index contributed by atoms with van der Waals surface area (Å²) < 4.78 is 1.99. The molecule has 7 heteroatoms. The fourth-order valence-electron chi connectivity index (χ4n) is 2.60. The van der Waals surface area contributed by atoms with Gasteiger partial charge in [-0.2, -0.15) is 0 Å². The van der Waals surface area contributed by atoms with E-state index in [1.54, 1.807) is 23.5 Å². The van der Waals surface area contributed by atoms with Gasteiger partial charge in [0.2, 0.25) is 0 Å². The molecule has 0 fully saturated rings. The van der Waals surface area contributed by atoms with Crippen molar-refractivity contribution in [3.8, 4) is 11.3 Å². The van der Waals surface area contributed by atoms with Gasteiger partial charge < -0.3 is 10.6 Å². The van der Waals surface area contributed by atoms with Gasteiger partial charge in [0.25, 0.3) is 0 Å². The maximum absolute atomic E-state index is 12.2. The Morgan fingerprint density at radius 3 is 2.73 bits per heavy atom. The van der Waals surface area contributed by atoms with E-state index in [0.29, 0.717) is 16.4 Å². The predicted molar refractivity (Wildman–Crippen MR) is 107 cm³/mol. The van der Waals surface area contributed by atoms with Crippen LogP contribution in [0.2, 0.25) is 5.02 Å². The van der Waals surface area contributed by atoms with Gasteiger partial charge in [-0.15, -0.1) is 11.3 Å². The second kappa shape index (κ2) is 6.82. The monoisotopic (exact) mass is 382 g/mol. The molecule has 0 spiro atoms. The van der Waals surface area contributed by atoms with E-state index in [2.05, 4.69) is 15.6 Å². The van der Waals surface area contributed by atoms with E-state index in [1.165, 1.54) is 0 Å². The molecule has 0 aliphatic rings. The highest BCUT2D eigenvalue weighted by molar-refractivity contribution is 7.15. The molecular formula is C19H15ClN4OS. The zero-order valence-electron chi connectivity index (χ0n) is 13.9. The van der Waals surface area contributed by atoms with Gasteiger partial charge in [0.15, 0.2) is 4.96 Å². The number of nitrogens with one attached hydrogen (secondary N) is 2. The van der Waals surface area contributed by atoms with E-state index in [9.17, 15) is 4.79 Å². The molecule has 2 aromatic carbocycles. The molecule has 2 N–H and O–H groups in total. The number of aromatic nitrogens is 2. The van der Waals surface area contributed by atoms with Gasteiger partial charge >= 0.3 is 6.03 Å². The Morgan fingerprint density at radius 2 is 1.96 bits per heavy atom. The quantitative estimate of drug-likeness (QED) is 0.479. The molecule has 26 heavy (non-hydrogen) atoms. The van der Waals surface area contributed by atoms with Crippen LogP contribution in [0.3, 0.4) is 0 Å². The molecule has 0 radical (unpaired) electrons. The van der Waals surface area contributed by atoms with Crippen LogP contribution in [0.1, 0.15) is 5.56 Å². The lowest BCUT2D eigenvalue weighted by Gasteiger charge is -2.10. The third-order valence-electron chi connectivity index (χ3n) is 3.98. The van der Waals surface area contributed by atoms with E-state index in [0.717, 1.165) is 21.8 Å². The molecule has 130 valence electrons. The van der Waals surface area contributed by atoms with Gasteiger partial charge in [-0.05, 0) is 36.8 Å². The van der Waals surface area contributed by atoms with Crippen molar-refractivity contribution in [2.75, 3.05) is 10.6 Å². The van der Waals surface area contributed by atoms with E-state index in [-0.39, 0.29) is 6.03 Å². The Hall–Kier alpha value is -2.83. The highest BCUT2D eigenvalue weighted by Crippen LogP contribution is 2.24. The minimum Gasteiger partial charge on any atom is -0.308 e. The first-order valence-electron chi connectivity index (χ1n) is 7.95. The topological polar surface area (TPSA) is 58.4 Å². The van der Waals surface area contributed by atoms with Crippen LogP contribution in [0.4, 0.5) is 16.2 Å². The van der Waals surface area contributed by atoms with Crippen LogP contribution < -0.4 is 10.6 Å². The summed E-state index contributed by atoms with van der Waals surface area (Å²) in [6, 6.07) is 12.6. The maximum Gasteiger partial charge on any atom is 0.323 e. The summed E-state index contributed by atoms with van der Waals surface area (Å²) >= 11 is 7.57. The van der Waals surface area contributed by atoms with Crippen molar-refractivity contribution < 1.29 is 4.79 Å². The van der Waals surface area contributed by atoms with Gasteiger partial charge in [-0.3, -0.25) is 4.40 Å². The number of urea groups is 1. The third-order valence-corrected chi connectivity index (χ3v) is 4.99. The predicted octanol–water partition coefficient (Wildman–Crippen LogP) is 5.67. The molecule has 0 aliphatic heterocycles. The van der Waals surface area contributed by atoms with E-state index in [1.807, 2.05) is 59.4 Å². The van der Waals surface area contributed by atoms with Crippen LogP contribution >= 0.6 is 22.9 Å². The molecule has 0 atom stereocenters. The minimum atomic E-state index is -0.314. The standard InChI is InChI=1S/C19H15ClN4OS/c1-12-2-5-14(20)10-16(12)22-18(25)21-15-6-3-13(4-7-15)17-11-24-8-9-26-19(24)23-17/h2-11H,1H3,(H2,21,22,25). The summed E-state index contributed by atoms with van der Waals surface area (Å²) in [5.74, 6) is 0. The number of nitrogens with zero attached hydrogens (tertiary/aromatic N) is 2. The smallest absolute Gasteiger partial charge is 0.308 e. The van der Waals surface area contributed by atoms with Gasteiger partial charge in [0.05, 0.1) is 5.69 Å². The number of amides is 2. The number of rotatable bonds is 3. The average Bonchev–Trinajstić information content (AvgIpc) is 3.21. The molecular weight excluding hydrogens is 368 g/mol. The second-order valence-corrected chi connectivity index (χ2v) is 7.14. The van der Waals surface area contributed by atoms with Crippen molar-refractivity contribution in [3.05, 3.63) is 70.8 Å². The fourth-order valence-corrected chi connectivity index (χ4v) is 3.48. The maximum atomic E-state index is 12.2. The lowest BCUT2D eigenvalue weighted by molar-refractivity contribution is 0.262. The number of aryl methyl sites for hydroxylation is 1. The van der Waals surface area contributed by atoms with Crippen LogP contribution in [-0.4, -0.2) is 15.4 Å². The molecule has 0 saturated heterocycles. The van der Waals surface area contributed by atoms with Crippen molar-refractivity contribution in [1.82, 2.24) is 9.38 Å². The van der Waals surface area contributed by atoms with Crippen LogP contribution in [0.25, 0.3) is 16.2 Å². The lowest BCUT2D eigenvalue weighted by Crippen LogP contribution is -2.19. The summed E-state index contributed by atoms with van der Waals surface area (Å²) in [5.41, 5.74) is 4.23. The van der Waals surface area contributed by atoms with E-state index >= 15 is 0 Å². The zero-order valence-corrected chi connectivity index (χ0v) is 15.4. The van der Waals surface area contributed by atoms with Crippen molar-refractivity contribution in [2.45, 2.75) is 6.92 Å². The number of hydrogen-bond acceptors (Lipinski definition) is 3. The Kier molecular flexibility index (Phi) is 4.36. The molecule has 5 nitrogen and oxygen atoms in total. The summed E-state index contributed by atoms with van der Waals surface area (Å²) in [6.45, 7) is 1.91. The van der Waals surface area contributed by atoms with Gasteiger partial charge in [-0.25, -0.2) is 9.78 Å². The lowest BCUT2D eigenvalue weighted by atomic mass is 10.1. The molecule has 2 amide bonds. The molecule has 0 saturated carbocycles. The Labute approximate surface area is 159 Å².